The molecule has 0 amide bonds. The van der Waals surface area contributed by atoms with Crippen LogP contribution < -0.4 is 0 Å². The average Bonchev–Trinajstić information content (AvgIpc) is 3.74. The van der Waals surface area contributed by atoms with Crippen molar-refractivity contribution in [3.8, 4) is 22.5 Å². The average molecular weight is 731 g/mol. The number of benzene rings is 2. The zero-order valence-electron chi connectivity index (χ0n) is 27.6. The quantitative estimate of drug-likeness (QED) is 0.0394. The molecule has 0 saturated carbocycles. The van der Waals surface area contributed by atoms with Crippen LogP contribution in [0.25, 0.3) is 22.5 Å². The standard InChI is InChI=1S/C31H35ClN8O11/c1-3-4-12-26-33-28(32)27(30(41)49-20(2)50-31(42)47-17-8-7-9-23(51-40(45)46)19-48-39(43)44)38(26)18-21-13-15-22(16-14-21)24-10-5-6-11-25(24)29-34-36-37-35-29/h5-6,10-11,13-16,20,23H,3-4,7-9,12,17-19H2,1-2H3,(H,34,35,36,37)/t20?,23-/m1/s1. The fraction of sp³-hybridized carbons (Fsp3) is 0.419. The lowest BCUT2D eigenvalue weighted by molar-refractivity contribution is -0.790. The van der Waals surface area contributed by atoms with Gasteiger partial charge in [0.25, 0.3) is 10.2 Å². The Balaban J connectivity index is 1.36. The molecule has 4 rings (SSSR count). The Bertz CT molecular complexity index is 1770. The van der Waals surface area contributed by atoms with Crippen LogP contribution in [0.4, 0.5) is 4.79 Å². The summed E-state index contributed by atoms with van der Waals surface area (Å²) in [6, 6.07) is 15.4. The van der Waals surface area contributed by atoms with E-state index in [1.165, 1.54) is 6.92 Å². The molecule has 2 atom stereocenters. The number of aromatic amines is 1. The zero-order valence-corrected chi connectivity index (χ0v) is 28.4. The molecule has 0 spiro atoms. The van der Waals surface area contributed by atoms with Crippen molar-refractivity contribution in [2.24, 2.45) is 0 Å². The van der Waals surface area contributed by atoms with Gasteiger partial charge >= 0.3 is 12.1 Å². The second kappa shape index (κ2) is 18.8. The van der Waals surface area contributed by atoms with E-state index in [1.54, 1.807) is 4.57 Å². The number of esters is 1. The highest BCUT2D eigenvalue weighted by atomic mass is 35.5. The molecular formula is C31H35ClN8O11. The summed E-state index contributed by atoms with van der Waals surface area (Å²) in [4.78, 5) is 59.4. The molecule has 0 aliphatic rings. The van der Waals surface area contributed by atoms with E-state index in [2.05, 4.69) is 35.3 Å². The van der Waals surface area contributed by atoms with Crippen molar-refractivity contribution in [3.63, 3.8) is 0 Å². The maximum absolute atomic E-state index is 13.3. The highest BCUT2D eigenvalue weighted by molar-refractivity contribution is 6.32. The summed E-state index contributed by atoms with van der Waals surface area (Å²) in [5.41, 5.74) is 3.48. The van der Waals surface area contributed by atoms with Crippen molar-refractivity contribution in [2.75, 3.05) is 13.2 Å². The SMILES string of the molecule is CCCCc1nc(Cl)c(C(=O)OC(C)OC(=O)OCCCC[C@H](CO[N+](=O)[O-])O[N+](=O)[O-])n1Cc1ccc(-c2ccccc2-c2nn[nH]n2)cc1. The van der Waals surface area contributed by atoms with Gasteiger partial charge in [-0.3, -0.25) is 0 Å². The molecule has 1 N–H and O–H groups in total. The number of unbranched alkanes of at least 4 members (excludes halogenated alkanes) is 2. The van der Waals surface area contributed by atoms with E-state index in [-0.39, 0.29) is 43.3 Å². The van der Waals surface area contributed by atoms with Crippen LogP contribution in [0, 0.1) is 20.2 Å². The van der Waals surface area contributed by atoms with Gasteiger partial charge < -0.3 is 28.5 Å². The predicted molar refractivity (Wildman–Crippen MR) is 176 cm³/mol. The van der Waals surface area contributed by atoms with Gasteiger partial charge in [-0.1, -0.05) is 73.5 Å². The molecule has 4 aromatic rings. The van der Waals surface area contributed by atoms with Crippen molar-refractivity contribution < 1.29 is 43.6 Å². The maximum Gasteiger partial charge on any atom is 0.511 e. The van der Waals surface area contributed by atoms with Gasteiger partial charge in [-0.15, -0.1) is 30.4 Å². The normalized spacial score (nSPS) is 12.1. The van der Waals surface area contributed by atoms with Gasteiger partial charge in [0.15, 0.2) is 10.8 Å². The molecule has 272 valence electrons. The number of imidazole rings is 1. The van der Waals surface area contributed by atoms with Crippen LogP contribution in [0.5, 0.6) is 0 Å². The number of aromatic nitrogens is 6. The molecule has 0 fully saturated rings. The number of carbonyl (C=O) groups excluding carboxylic acids is 2. The third-order valence-corrected chi connectivity index (χ3v) is 7.61. The van der Waals surface area contributed by atoms with E-state index in [0.29, 0.717) is 18.1 Å². The van der Waals surface area contributed by atoms with Gasteiger partial charge in [-0.2, -0.15) is 5.21 Å². The van der Waals surface area contributed by atoms with Gasteiger partial charge in [0.05, 0.1) is 6.61 Å². The Morgan fingerprint density at radius 3 is 2.41 bits per heavy atom. The zero-order chi connectivity index (χ0) is 36.8. The first-order chi connectivity index (χ1) is 24.5. The van der Waals surface area contributed by atoms with Gasteiger partial charge in [0, 0.05) is 25.5 Å². The molecule has 0 aliphatic carbocycles. The first-order valence-electron chi connectivity index (χ1n) is 15.9. The number of nitrogens with one attached hydrogen (secondary N) is 1. The third kappa shape index (κ3) is 11.3. The maximum atomic E-state index is 13.3. The van der Waals surface area contributed by atoms with Crippen LogP contribution in [-0.4, -0.2) is 78.1 Å². The van der Waals surface area contributed by atoms with Crippen molar-refractivity contribution in [3.05, 3.63) is 91.0 Å². The summed E-state index contributed by atoms with van der Waals surface area (Å²) in [7, 11) is 0. The van der Waals surface area contributed by atoms with Crippen LogP contribution in [-0.2, 0) is 36.9 Å². The first kappa shape index (κ1) is 38.0. The molecule has 2 heterocycles. The molecule has 20 heteroatoms. The summed E-state index contributed by atoms with van der Waals surface area (Å²) < 4.78 is 17.1. The molecule has 0 saturated heterocycles. The van der Waals surface area contributed by atoms with Crippen LogP contribution in [0.15, 0.2) is 48.5 Å². The van der Waals surface area contributed by atoms with Crippen LogP contribution in [0.3, 0.4) is 0 Å². The highest BCUT2D eigenvalue weighted by Gasteiger charge is 2.26. The second-order valence-electron chi connectivity index (χ2n) is 11.0. The molecule has 1 unspecified atom stereocenters. The number of aryl methyl sites for hydroxylation is 1. The molecule has 51 heavy (non-hydrogen) atoms. The van der Waals surface area contributed by atoms with E-state index in [0.717, 1.165) is 35.1 Å². The molecule has 19 nitrogen and oxygen atoms in total. The number of H-pyrrole nitrogens is 1. The number of nitrogens with zero attached hydrogens (tertiary/aromatic N) is 7. The minimum atomic E-state index is -1.36. The number of hydrogen-bond acceptors (Lipinski definition) is 15. The molecule has 0 radical (unpaired) electrons. The lowest BCUT2D eigenvalue weighted by Crippen LogP contribution is -2.25. The lowest BCUT2D eigenvalue weighted by atomic mass is 9.98. The van der Waals surface area contributed by atoms with Gasteiger partial charge in [0.1, 0.15) is 18.5 Å². The topological polar surface area (TPSA) is 239 Å². The van der Waals surface area contributed by atoms with Crippen LogP contribution >= 0.6 is 11.6 Å². The Labute approximate surface area is 295 Å². The molecular weight excluding hydrogens is 696 g/mol. The molecule has 2 aromatic carbocycles. The Morgan fingerprint density at radius 1 is 1.00 bits per heavy atom. The largest absolute Gasteiger partial charge is 0.511 e. The van der Waals surface area contributed by atoms with Crippen LogP contribution in [0.1, 0.15) is 67.8 Å². The first-order valence-corrected chi connectivity index (χ1v) is 16.2. The number of hydrogen-bond donors (Lipinski definition) is 1. The number of carbonyl (C=O) groups is 2. The minimum Gasteiger partial charge on any atom is -0.434 e. The van der Waals surface area contributed by atoms with Gasteiger partial charge in [0.2, 0.25) is 12.1 Å². The van der Waals surface area contributed by atoms with E-state index in [9.17, 15) is 29.8 Å². The van der Waals surface area contributed by atoms with E-state index in [4.69, 9.17) is 25.8 Å². The molecule has 0 aliphatic heterocycles. The number of tetrazole rings is 1. The van der Waals surface area contributed by atoms with Crippen molar-refractivity contribution in [1.29, 1.82) is 0 Å². The number of ether oxygens (including phenoxy) is 3. The summed E-state index contributed by atoms with van der Waals surface area (Å²) in [6.45, 7) is 2.82. The lowest BCUT2D eigenvalue weighted by Gasteiger charge is -2.16. The number of rotatable bonds is 20. The van der Waals surface area contributed by atoms with Crippen LogP contribution in [0.2, 0.25) is 5.15 Å². The number of halogens is 1. The summed E-state index contributed by atoms with van der Waals surface area (Å²) in [5, 5.41) is 33.0. The third-order valence-electron chi connectivity index (χ3n) is 7.35. The smallest absolute Gasteiger partial charge is 0.434 e. The fourth-order valence-electron chi connectivity index (χ4n) is 5.00. The van der Waals surface area contributed by atoms with Crippen molar-refractivity contribution in [2.45, 2.75) is 71.3 Å². The summed E-state index contributed by atoms with van der Waals surface area (Å²) in [6.07, 6.45) is -0.935. The monoisotopic (exact) mass is 730 g/mol. The van der Waals surface area contributed by atoms with Crippen molar-refractivity contribution >= 4 is 23.7 Å². The Morgan fingerprint density at radius 2 is 1.75 bits per heavy atom. The Kier molecular flexibility index (Phi) is 14.0. The summed E-state index contributed by atoms with van der Waals surface area (Å²) in [5.74, 6) is 0.188. The van der Waals surface area contributed by atoms with E-state index in [1.807, 2.05) is 55.5 Å². The predicted octanol–water partition coefficient (Wildman–Crippen LogP) is 5.39. The molecule has 0 bridgehead atoms. The highest BCUT2D eigenvalue weighted by Crippen LogP contribution is 2.30. The van der Waals surface area contributed by atoms with Crippen molar-refractivity contribution in [1.82, 2.24) is 30.2 Å². The van der Waals surface area contributed by atoms with E-state index < -0.39 is 41.3 Å². The minimum absolute atomic E-state index is 0.00864. The van der Waals surface area contributed by atoms with E-state index >= 15 is 0 Å². The second-order valence-corrected chi connectivity index (χ2v) is 11.3. The summed E-state index contributed by atoms with van der Waals surface area (Å²) >= 11 is 6.46. The van der Waals surface area contributed by atoms with Gasteiger partial charge in [-0.05, 0) is 47.6 Å². The molecule has 2 aromatic heterocycles. The Hall–Kier alpha value is -5.85. The fourth-order valence-corrected chi connectivity index (χ4v) is 5.27. The van der Waals surface area contributed by atoms with Gasteiger partial charge in [-0.25, -0.2) is 14.6 Å².